The maximum atomic E-state index is 13.6. The van der Waals surface area contributed by atoms with Gasteiger partial charge in [-0.25, -0.2) is 4.39 Å². The molecule has 0 spiro atoms. The fourth-order valence-corrected chi connectivity index (χ4v) is 2.50. The first-order valence-electron chi connectivity index (χ1n) is 5.88. The molecule has 1 fully saturated rings. The molecule has 1 aromatic rings. The van der Waals surface area contributed by atoms with Gasteiger partial charge in [0.05, 0.1) is 23.0 Å². The van der Waals surface area contributed by atoms with Crippen LogP contribution in [0, 0.1) is 11.2 Å². The van der Waals surface area contributed by atoms with Crippen molar-refractivity contribution in [1.82, 2.24) is 4.98 Å². The summed E-state index contributed by atoms with van der Waals surface area (Å²) in [6.45, 7) is 1.88. The molecular weight excluding hydrogens is 303 g/mol. The Labute approximate surface area is 114 Å². The average Bonchev–Trinajstić information content (AvgIpc) is 2.39. The number of ether oxygens (including phenoxy) is 1. The van der Waals surface area contributed by atoms with Gasteiger partial charge < -0.3 is 15.2 Å². The first-order chi connectivity index (χ1) is 8.67. The van der Waals surface area contributed by atoms with E-state index in [4.69, 9.17) is 4.74 Å². The fraction of sp³-hybridized carbons (Fsp3) is 0.583. The Balaban J connectivity index is 2.05. The largest absolute Gasteiger partial charge is 0.396 e. The summed E-state index contributed by atoms with van der Waals surface area (Å²) in [7, 11) is 0. The normalized spacial score (nSPS) is 18.6. The number of hydrogen-bond acceptors (Lipinski definition) is 4. The van der Waals surface area contributed by atoms with E-state index >= 15 is 0 Å². The highest BCUT2D eigenvalue weighted by atomic mass is 79.9. The van der Waals surface area contributed by atoms with Crippen LogP contribution in [0.2, 0.25) is 0 Å². The number of anilines is 1. The second-order valence-electron chi connectivity index (χ2n) is 4.60. The number of nitrogens with one attached hydrogen (secondary N) is 1. The number of aliphatic hydroxyl groups is 1. The van der Waals surface area contributed by atoms with E-state index in [0.29, 0.717) is 29.9 Å². The number of hydrogen-bond donors (Lipinski definition) is 2. The van der Waals surface area contributed by atoms with Crippen LogP contribution in [0.15, 0.2) is 16.9 Å². The van der Waals surface area contributed by atoms with Gasteiger partial charge in [-0.2, -0.15) is 0 Å². The lowest BCUT2D eigenvalue weighted by Gasteiger charge is -2.35. The van der Waals surface area contributed by atoms with Crippen molar-refractivity contribution < 1.29 is 14.2 Å². The van der Waals surface area contributed by atoms with Crippen LogP contribution in [-0.4, -0.2) is 36.5 Å². The van der Waals surface area contributed by atoms with Crippen molar-refractivity contribution in [2.45, 2.75) is 12.8 Å². The van der Waals surface area contributed by atoms with Crippen LogP contribution < -0.4 is 5.32 Å². The van der Waals surface area contributed by atoms with Crippen molar-refractivity contribution in [1.29, 1.82) is 0 Å². The van der Waals surface area contributed by atoms with Gasteiger partial charge in [0.1, 0.15) is 0 Å². The molecule has 0 bridgehead atoms. The van der Waals surface area contributed by atoms with Crippen LogP contribution in [-0.2, 0) is 4.74 Å². The molecule has 6 heteroatoms. The minimum absolute atomic E-state index is 0.0771. The maximum Gasteiger partial charge on any atom is 0.165 e. The zero-order valence-corrected chi connectivity index (χ0v) is 11.5. The van der Waals surface area contributed by atoms with Crippen LogP contribution in [0.1, 0.15) is 12.8 Å². The lowest BCUT2D eigenvalue weighted by atomic mass is 9.81. The van der Waals surface area contributed by atoms with Gasteiger partial charge in [0.15, 0.2) is 5.82 Å². The van der Waals surface area contributed by atoms with Gasteiger partial charge in [-0.15, -0.1) is 0 Å². The van der Waals surface area contributed by atoms with Gasteiger partial charge in [0.25, 0.3) is 0 Å². The Kier molecular flexibility index (Phi) is 4.53. The van der Waals surface area contributed by atoms with Gasteiger partial charge in [-0.1, -0.05) is 0 Å². The van der Waals surface area contributed by atoms with Crippen molar-refractivity contribution in [3.05, 3.63) is 22.7 Å². The first-order valence-corrected chi connectivity index (χ1v) is 6.68. The predicted molar refractivity (Wildman–Crippen MR) is 70.0 cm³/mol. The molecule has 18 heavy (non-hydrogen) atoms. The summed E-state index contributed by atoms with van der Waals surface area (Å²) in [6.07, 6.45) is 4.27. The van der Waals surface area contributed by atoms with Crippen molar-refractivity contribution >= 4 is 21.6 Å². The Hall–Kier alpha value is -0.720. The lowest BCUT2D eigenvalue weighted by Crippen LogP contribution is -2.39. The van der Waals surface area contributed by atoms with Crippen LogP contribution >= 0.6 is 15.9 Å². The van der Waals surface area contributed by atoms with E-state index in [0.717, 1.165) is 12.8 Å². The van der Waals surface area contributed by atoms with E-state index in [1.807, 2.05) is 0 Å². The third kappa shape index (κ3) is 2.99. The van der Waals surface area contributed by atoms with Gasteiger partial charge in [-0.05, 0) is 28.8 Å². The number of halogens is 2. The van der Waals surface area contributed by atoms with E-state index < -0.39 is 5.82 Å². The minimum Gasteiger partial charge on any atom is -0.396 e. The Bertz CT molecular complexity index is 391. The third-order valence-corrected chi connectivity index (χ3v) is 3.98. The molecule has 1 aliphatic rings. The molecule has 1 aromatic heterocycles. The summed E-state index contributed by atoms with van der Waals surface area (Å²) in [5.74, 6) is -0.399. The molecule has 0 atom stereocenters. The lowest BCUT2D eigenvalue weighted by molar-refractivity contribution is -0.00861. The molecule has 0 unspecified atom stereocenters. The van der Waals surface area contributed by atoms with E-state index in [1.165, 1.54) is 6.20 Å². The Morgan fingerprint density at radius 2 is 2.17 bits per heavy atom. The highest BCUT2D eigenvalue weighted by molar-refractivity contribution is 9.10. The summed E-state index contributed by atoms with van der Waals surface area (Å²) < 4.78 is 19.5. The SMILES string of the molecule is OCC1(CNc2c(F)cncc2Br)CCOCC1. The summed E-state index contributed by atoms with van der Waals surface area (Å²) >= 11 is 3.26. The molecule has 0 aliphatic carbocycles. The van der Waals surface area contributed by atoms with Crippen LogP contribution in [0.4, 0.5) is 10.1 Å². The standard InChI is InChI=1S/C12H16BrFN2O2/c13-9-5-15-6-10(14)11(9)16-7-12(8-17)1-3-18-4-2-12/h5-6,17H,1-4,7-8H2,(H,15,16). The minimum atomic E-state index is -0.399. The number of aliphatic hydroxyl groups excluding tert-OH is 1. The number of aromatic nitrogens is 1. The summed E-state index contributed by atoms with van der Waals surface area (Å²) in [4.78, 5) is 3.75. The number of nitrogens with zero attached hydrogens (tertiary/aromatic N) is 1. The smallest absolute Gasteiger partial charge is 0.165 e. The molecule has 0 radical (unpaired) electrons. The summed E-state index contributed by atoms with van der Waals surface area (Å²) in [5, 5.41) is 12.6. The van der Waals surface area contributed by atoms with E-state index in [9.17, 15) is 9.50 Å². The molecule has 2 N–H and O–H groups in total. The molecule has 4 nitrogen and oxygen atoms in total. The van der Waals surface area contributed by atoms with E-state index in [1.54, 1.807) is 6.20 Å². The molecule has 1 saturated heterocycles. The fourth-order valence-electron chi connectivity index (χ4n) is 2.05. The number of rotatable bonds is 4. The van der Waals surface area contributed by atoms with Crippen molar-refractivity contribution in [3.63, 3.8) is 0 Å². The van der Waals surface area contributed by atoms with Gasteiger partial charge in [0.2, 0.25) is 0 Å². The first kappa shape index (κ1) is 13.7. The third-order valence-electron chi connectivity index (χ3n) is 3.38. The molecule has 100 valence electrons. The van der Waals surface area contributed by atoms with Gasteiger partial charge in [-0.3, -0.25) is 4.98 Å². The van der Waals surface area contributed by atoms with Crippen molar-refractivity contribution in [2.24, 2.45) is 5.41 Å². The van der Waals surface area contributed by atoms with Crippen LogP contribution in [0.25, 0.3) is 0 Å². The maximum absolute atomic E-state index is 13.6. The zero-order chi connectivity index (χ0) is 13.0. The van der Waals surface area contributed by atoms with Gasteiger partial charge >= 0.3 is 0 Å². The highest BCUT2D eigenvalue weighted by Gasteiger charge is 2.32. The molecule has 0 amide bonds. The number of pyridine rings is 1. The second-order valence-corrected chi connectivity index (χ2v) is 5.46. The molecular formula is C12H16BrFN2O2. The zero-order valence-electron chi connectivity index (χ0n) is 9.96. The molecule has 2 rings (SSSR count). The van der Waals surface area contributed by atoms with Crippen LogP contribution in [0.3, 0.4) is 0 Å². The predicted octanol–water partition coefficient (Wildman–Crippen LogP) is 2.18. The summed E-state index contributed by atoms with van der Waals surface area (Å²) in [6, 6.07) is 0. The van der Waals surface area contributed by atoms with Gasteiger partial charge in [0, 0.05) is 31.4 Å². The monoisotopic (exact) mass is 318 g/mol. The Morgan fingerprint density at radius 1 is 1.44 bits per heavy atom. The highest BCUT2D eigenvalue weighted by Crippen LogP contribution is 2.32. The molecule has 2 heterocycles. The van der Waals surface area contributed by atoms with E-state index in [-0.39, 0.29) is 12.0 Å². The molecule has 0 aromatic carbocycles. The molecule has 1 aliphatic heterocycles. The average molecular weight is 319 g/mol. The van der Waals surface area contributed by atoms with Crippen molar-refractivity contribution in [2.75, 3.05) is 31.7 Å². The van der Waals surface area contributed by atoms with Crippen molar-refractivity contribution in [3.8, 4) is 0 Å². The topological polar surface area (TPSA) is 54.4 Å². The Morgan fingerprint density at radius 3 is 2.78 bits per heavy atom. The summed E-state index contributed by atoms with van der Waals surface area (Å²) in [5.41, 5.74) is 0.164. The van der Waals surface area contributed by atoms with Crippen LogP contribution in [0.5, 0.6) is 0 Å². The molecule has 0 saturated carbocycles. The van der Waals surface area contributed by atoms with E-state index in [2.05, 4.69) is 26.2 Å². The quantitative estimate of drug-likeness (QED) is 0.893. The second kappa shape index (κ2) is 5.95.